The molecule has 8 nitrogen and oxygen atoms in total. The smallest absolute Gasteiger partial charge is 0.354 e. The first-order valence-corrected chi connectivity index (χ1v) is 8.95. The molecular formula is C20H23N5O3. The van der Waals surface area contributed by atoms with Crippen molar-refractivity contribution in [1.29, 1.82) is 0 Å². The van der Waals surface area contributed by atoms with Gasteiger partial charge in [-0.2, -0.15) is 10.2 Å². The van der Waals surface area contributed by atoms with Gasteiger partial charge >= 0.3 is 5.97 Å². The second-order valence-corrected chi connectivity index (χ2v) is 6.82. The van der Waals surface area contributed by atoms with Gasteiger partial charge in [0.15, 0.2) is 0 Å². The number of hydrogen-bond acceptors (Lipinski definition) is 4. The summed E-state index contributed by atoms with van der Waals surface area (Å²) in [5.41, 5.74) is 4.43. The maximum Gasteiger partial charge on any atom is 0.354 e. The number of carbonyl (C=O) groups excluding carboxylic acids is 1. The standard InChI is InChI=1S/C20H23N5O3/c1-12-5-7-16(8-6-12)11-24-14(3)18(13(2)23-24)22-19(26)15(4)25-17(20(27)28)9-10-21-25/h5-10,15H,11H2,1-4H3,(H,22,26)(H,27,28). The molecule has 3 rings (SSSR count). The lowest BCUT2D eigenvalue weighted by Crippen LogP contribution is -2.27. The lowest BCUT2D eigenvalue weighted by molar-refractivity contribution is -0.119. The van der Waals surface area contributed by atoms with Gasteiger partial charge in [-0.3, -0.25) is 9.48 Å². The number of nitrogens with zero attached hydrogens (tertiary/aromatic N) is 4. The number of amides is 1. The van der Waals surface area contributed by atoms with Crippen molar-refractivity contribution in [2.24, 2.45) is 0 Å². The molecule has 3 aromatic rings. The van der Waals surface area contributed by atoms with Crippen molar-refractivity contribution in [1.82, 2.24) is 19.6 Å². The summed E-state index contributed by atoms with van der Waals surface area (Å²) in [6.45, 7) is 7.97. The molecule has 8 heteroatoms. The van der Waals surface area contributed by atoms with Crippen molar-refractivity contribution in [3.05, 3.63) is 64.7 Å². The maximum atomic E-state index is 12.7. The summed E-state index contributed by atoms with van der Waals surface area (Å²) < 4.78 is 3.04. The normalized spacial score (nSPS) is 12.0. The Morgan fingerprint density at radius 2 is 1.82 bits per heavy atom. The van der Waals surface area contributed by atoms with Gasteiger partial charge in [-0.05, 0) is 39.3 Å². The van der Waals surface area contributed by atoms with E-state index in [1.807, 2.05) is 25.5 Å². The van der Waals surface area contributed by atoms with E-state index in [1.165, 1.54) is 22.5 Å². The van der Waals surface area contributed by atoms with Crippen molar-refractivity contribution < 1.29 is 14.7 Å². The number of benzene rings is 1. The van der Waals surface area contributed by atoms with Crippen molar-refractivity contribution in [2.75, 3.05) is 5.32 Å². The molecule has 0 radical (unpaired) electrons. The van der Waals surface area contributed by atoms with Crippen LogP contribution in [0, 0.1) is 20.8 Å². The fourth-order valence-electron chi connectivity index (χ4n) is 3.03. The Labute approximate surface area is 162 Å². The minimum absolute atomic E-state index is 0.0360. The molecular weight excluding hydrogens is 358 g/mol. The third-order valence-electron chi connectivity index (χ3n) is 4.72. The molecule has 1 amide bonds. The summed E-state index contributed by atoms with van der Waals surface area (Å²) >= 11 is 0. The van der Waals surface area contributed by atoms with E-state index in [4.69, 9.17) is 0 Å². The number of carboxylic acids is 1. The third kappa shape index (κ3) is 3.80. The fraction of sp³-hybridized carbons (Fsp3) is 0.300. The lowest BCUT2D eigenvalue weighted by Gasteiger charge is -2.14. The Morgan fingerprint density at radius 3 is 2.46 bits per heavy atom. The highest BCUT2D eigenvalue weighted by molar-refractivity contribution is 5.95. The molecule has 0 bridgehead atoms. The fourth-order valence-corrected chi connectivity index (χ4v) is 3.03. The highest BCUT2D eigenvalue weighted by atomic mass is 16.4. The van der Waals surface area contributed by atoms with Crippen LogP contribution in [0.25, 0.3) is 0 Å². The van der Waals surface area contributed by atoms with Crippen molar-refractivity contribution in [2.45, 2.75) is 40.3 Å². The van der Waals surface area contributed by atoms with Crippen LogP contribution in [-0.2, 0) is 11.3 Å². The van der Waals surface area contributed by atoms with E-state index < -0.39 is 12.0 Å². The molecule has 0 aliphatic rings. The topological polar surface area (TPSA) is 102 Å². The predicted octanol–water partition coefficient (Wildman–Crippen LogP) is 2.95. The SMILES string of the molecule is Cc1ccc(Cn2nc(C)c(NC(=O)C(C)n3nccc3C(=O)O)c2C)cc1. The summed E-state index contributed by atoms with van der Waals surface area (Å²) in [5.74, 6) is -1.48. The van der Waals surface area contributed by atoms with Gasteiger partial charge in [-0.25, -0.2) is 9.48 Å². The minimum atomic E-state index is -1.13. The molecule has 28 heavy (non-hydrogen) atoms. The van der Waals surface area contributed by atoms with E-state index in [1.54, 1.807) is 6.92 Å². The number of nitrogens with one attached hydrogen (secondary N) is 1. The Kier molecular flexibility index (Phi) is 5.30. The molecule has 1 unspecified atom stereocenters. The van der Waals surface area contributed by atoms with Crippen LogP contribution in [0.5, 0.6) is 0 Å². The molecule has 1 atom stereocenters. The van der Waals surface area contributed by atoms with Crippen LogP contribution in [0.15, 0.2) is 36.5 Å². The maximum absolute atomic E-state index is 12.7. The quantitative estimate of drug-likeness (QED) is 0.683. The minimum Gasteiger partial charge on any atom is -0.477 e. The van der Waals surface area contributed by atoms with E-state index in [9.17, 15) is 14.7 Å². The predicted molar refractivity (Wildman–Crippen MR) is 105 cm³/mol. The monoisotopic (exact) mass is 381 g/mol. The van der Waals surface area contributed by atoms with Gasteiger partial charge in [0.1, 0.15) is 11.7 Å². The van der Waals surface area contributed by atoms with Crippen molar-refractivity contribution in [3.63, 3.8) is 0 Å². The summed E-state index contributed by atoms with van der Waals surface area (Å²) in [6.07, 6.45) is 1.36. The van der Waals surface area contributed by atoms with E-state index >= 15 is 0 Å². The summed E-state index contributed by atoms with van der Waals surface area (Å²) in [7, 11) is 0. The summed E-state index contributed by atoms with van der Waals surface area (Å²) in [5, 5.41) is 20.6. The van der Waals surface area contributed by atoms with E-state index in [0.29, 0.717) is 17.9 Å². The van der Waals surface area contributed by atoms with Crippen molar-refractivity contribution in [3.8, 4) is 0 Å². The number of rotatable bonds is 6. The number of aryl methyl sites for hydroxylation is 2. The zero-order valence-electron chi connectivity index (χ0n) is 16.3. The van der Waals surface area contributed by atoms with E-state index in [-0.39, 0.29) is 11.6 Å². The van der Waals surface area contributed by atoms with Gasteiger partial charge < -0.3 is 10.4 Å². The zero-order chi connectivity index (χ0) is 20.4. The van der Waals surface area contributed by atoms with Crippen LogP contribution >= 0.6 is 0 Å². The summed E-state index contributed by atoms with van der Waals surface area (Å²) in [6, 6.07) is 8.79. The molecule has 0 fully saturated rings. The number of aromatic nitrogens is 4. The third-order valence-corrected chi connectivity index (χ3v) is 4.72. The Balaban J connectivity index is 1.79. The van der Waals surface area contributed by atoms with E-state index in [0.717, 1.165) is 11.3 Å². The van der Waals surface area contributed by atoms with Crippen molar-refractivity contribution >= 4 is 17.6 Å². The number of carboxylic acid groups (broad SMARTS) is 1. The molecule has 0 aliphatic heterocycles. The average molecular weight is 381 g/mol. The highest BCUT2D eigenvalue weighted by Gasteiger charge is 2.23. The van der Waals surface area contributed by atoms with Crippen LogP contribution in [0.2, 0.25) is 0 Å². The second kappa shape index (κ2) is 7.67. The first-order valence-electron chi connectivity index (χ1n) is 8.95. The van der Waals surface area contributed by atoms with Gasteiger partial charge in [-0.15, -0.1) is 0 Å². The first-order chi connectivity index (χ1) is 13.3. The molecule has 0 aliphatic carbocycles. The second-order valence-electron chi connectivity index (χ2n) is 6.82. The van der Waals surface area contributed by atoms with Gasteiger partial charge in [0.05, 0.1) is 23.6 Å². The van der Waals surface area contributed by atoms with Crippen LogP contribution in [0.3, 0.4) is 0 Å². The number of hydrogen-bond donors (Lipinski definition) is 2. The Bertz CT molecular complexity index is 1020. The molecule has 0 saturated carbocycles. The van der Waals surface area contributed by atoms with Crippen LogP contribution < -0.4 is 5.32 Å². The van der Waals surface area contributed by atoms with Gasteiger partial charge in [0.25, 0.3) is 0 Å². The van der Waals surface area contributed by atoms with Crippen LogP contribution in [0.1, 0.15) is 46.0 Å². The molecule has 0 saturated heterocycles. The highest BCUT2D eigenvalue weighted by Crippen LogP contribution is 2.22. The molecule has 2 heterocycles. The number of aromatic carboxylic acids is 1. The Morgan fingerprint density at radius 1 is 1.14 bits per heavy atom. The van der Waals surface area contributed by atoms with Crippen LogP contribution in [-0.4, -0.2) is 36.5 Å². The van der Waals surface area contributed by atoms with Gasteiger partial charge in [0, 0.05) is 6.20 Å². The lowest BCUT2D eigenvalue weighted by atomic mass is 10.1. The first kappa shape index (κ1) is 19.3. The molecule has 2 N–H and O–H groups in total. The largest absolute Gasteiger partial charge is 0.477 e. The van der Waals surface area contributed by atoms with Crippen LogP contribution in [0.4, 0.5) is 5.69 Å². The molecule has 1 aromatic carbocycles. The summed E-state index contributed by atoms with van der Waals surface area (Å²) in [4.78, 5) is 24.0. The molecule has 2 aromatic heterocycles. The Hall–Kier alpha value is -3.42. The van der Waals surface area contributed by atoms with Gasteiger partial charge in [0.2, 0.25) is 5.91 Å². The number of anilines is 1. The van der Waals surface area contributed by atoms with Gasteiger partial charge in [-0.1, -0.05) is 29.8 Å². The number of carbonyl (C=O) groups is 2. The zero-order valence-corrected chi connectivity index (χ0v) is 16.3. The molecule has 146 valence electrons. The van der Waals surface area contributed by atoms with E-state index in [2.05, 4.69) is 39.8 Å². The average Bonchev–Trinajstić information content (AvgIpc) is 3.24. The molecule has 0 spiro atoms.